The normalized spacial score (nSPS) is 9.08. The Balaban J connectivity index is 2.93. The number of rotatable bonds is 3. The molecule has 1 heteroatoms. The minimum absolute atomic E-state index is 0.645. The molecule has 0 aromatic heterocycles. The molecule has 0 saturated carbocycles. The van der Waals surface area contributed by atoms with Gasteiger partial charge in [-0.2, -0.15) is 0 Å². The van der Waals surface area contributed by atoms with Crippen molar-refractivity contribution >= 4 is 5.76 Å². The van der Waals surface area contributed by atoms with Crippen LogP contribution in [0.2, 0.25) is 0 Å². The van der Waals surface area contributed by atoms with E-state index in [1.165, 1.54) is 5.56 Å². The summed E-state index contributed by atoms with van der Waals surface area (Å²) in [5, 5.41) is 0. The molecule has 0 aliphatic rings. The highest BCUT2D eigenvalue weighted by Gasteiger charge is 1.99. The zero-order valence-electron chi connectivity index (χ0n) is 8.13. The van der Waals surface area contributed by atoms with Crippen LogP contribution in [0.5, 0.6) is 0 Å². The van der Waals surface area contributed by atoms with E-state index in [0.717, 1.165) is 11.3 Å². The highest BCUT2D eigenvalue weighted by atomic mass is 16.5. The van der Waals surface area contributed by atoms with Crippen molar-refractivity contribution in [3.05, 3.63) is 47.7 Å². The van der Waals surface area contributed by atoms with Gasteiger partial charge in [-0.3, -0.25) is 0 Å². The van der Waals surface area contributed by atoms with Crippen LogP contribution in [0.25, 0.3) is 5.76 Å². The quantitative estimate of drug-likeness (QED) is 0.505. The van der Waals surface area contributed by atoms with Crippen LogP contribution in [-0.4, -0.2) is 6.61 Å². The fourth-order valence-corrected chi connectivity index (χ4v) is 1.09. The summed E-state index contributed by atoms with van der Waals surface area (Å²) >= 11 is 0. The van der Waals surface area contributed by atoms with Gasteiger partial charge in [-0.1, -0.05) is 42.1 Å². The van der Waals surface area contributed by atoms with Crippen molar-refractivity contribution in [3.8, 4) is 0 Å². The van der Waals surface area contributed by atoms with Gasteiger partial charge in [0.05, 0.1) is 6.61 Å². The van der Waals surface area contributed by atoms with Gasteiger partial charge in [0, 0.05) is 5.56 Å². The lowest BCUT2D eigenvalue weighted by atomic mass is 10.1. The lowest BCUT2D eigenvalue weighted by Crippen LogP contribution is -1.89. The smallest absolute Gasteiger partial charge is 0.168 e. The van der Waals surface area contributed by atoms with E-state index in [1.54, 1.807) is 0 Å². The molecule has 0 N–H and O–H groups in total. The lowest BCUT2D eigenvalue weighted by Gasteiger charge is -2.05. The standard InChI is InChI=1S/C12H14O/c1-4-12(13-5-2)11-8-6-10(3)7-9-11/h6-9H,1,5H2,2-3H3. The van der Waals surface area contributed by atoms with Crippen LogP contribution >= 0.6 is 0 Å². The van der Waals surface area contributed by atoms with Gasteiger partial charge in [0.25, 0.3) is 0 Å². The molecule has 1 nitrogen and oxygen atoms in total. The highest BCUT2D eigenvalue weighted by Crippen LogP contribution is 2.14. The van der Waals surface area contributed by atoms with E-state index >= 15 is 0 Å². The van der Waals surface area contributed by atoms with E-state index in [2.05, 4.69) is 19.2 Å². The van der Waals surface area contributed by atoms with E-state index in [9.17, 15) is 0 Å². The molecule has 0 heterocycles. The Bertz CT molecular complexity index is 315. The number of hydrogen-bond donors (Lipinski definition) is 0. The van der Waals surface area contributed by atoms with Gasteiger partial charge in [-0.15, -0.1) is 0 Å². The summed E-state index contributed by atoms with van der Waals surface area (Å²) in [6.45, 7) is 8.24. The second-order valence-electron chi connectivity index (χ2n) is 2.80. The fraction of sp³-hybridized carbons (Fsp3) is 0.250. The van der Waals surface area contributed by atoms with Gasteiger partial charge < -0.3 is 4.74 Å². The highest BCUT2D eigenvalue weighted by molar-refractivity contribution is 5.58. The molecule has 1 aromatic rings. The summed E-state index contributed by atoms with van der Waals surface area (Å²) < 4.78 is 5.36. The average Bonchev–Trinajstić information content (AvgIpc) is 2.16. The zero-order chi connectivity index (χ0) is 9.68. The first-order valence-electron chi connectivity index (χ1n) is 4.37. The van der Waals surface area contributed by atoms with Crippen LogP contribution in [-0.2, 0) is 4.74 Å². The largest absolute Gasteiger partial charge is 0.486 e. The first-order chi connectivity index (χ1) is 6.27. The Morgan fingerprint density at radius 3 is 2.46 bits per heavy atom. The third kappa shape index (κ3) is 2.50. The predicted molar refractivity (Wildman–Crippen MR) is 55.4 cm³/mol. The zero-order valence-corrected chi connectivity index (χ0v) is 8.13. The predicted octanol–water partition coefficient (Wildman–Crippen LogP) is 3.16. The summed E-state index contributed by atoms with van der Waals surface area (Å²) in [5.74, 6) is 0.725. The van der Waals surface area contributed by atoms with Crippen LogP contribution in [0, 0.1) is 6.92 Å². The van der Waals surface area contributed by atoms with Crippen molar-refractivity contribution in [1.29, 1.82) is 0 Å². The van der Waals surface area contributed by atoms with Crippen molar-refractivity contribution in [3.63, 3.8) is 0 Å². The Labute approximate surface area is 79.4 Å². The van der Waals surface area contributed by atoms with E-state index in [4.69, 9.17) is 4.74 Å². The molecule has 13 heavy (non-hydrogen) atoms. The Morgan fingerprint density at radius 2 is 2.00 bits per heavy atom. The van der Waals surface area contributed by atoms with Crippen LogP contribution in [0.3, 0.4) is 0 Å². The Kier molecular flexibility index (Phi) is 3.36. The summed E-state index contributed by atoms with van der Waals surface area (Å²) in [6, 6.07) is 8.12. The molecule has 0 radical (unpaired) electrons. The maximum Gasteiger partial charge on any atom is 0.168 e. The number of hydrogen-bond acceptors (Lipinski definition) is 1. The molecule has 1 rings (SSSR count). The lowest BCUT2D eigenvalue weighted by molar-refractivity contribution is 0.298. The van der Waals surface area contributed by atoms with Crippen molar-refractivity contribution in [2.45, 2.75) is 13.8 Å². The molecule has 0 fully saturated rings. The van der Waals surface area contributed by atoms with Crippen LogP contribution in [0.15, 0.2) is 36.6 Å². The third-order valence-electron chi connectivity index (χ3n) is 1.76. The molecule has 0 unspecified atom stereocenters. The van der Waals surface area contributed by atoms with Gasteiger partial charge in [0.15, 0.2) is 5.76 Å². The van der Waals surface area contributed by atoms with Crippen molar-refractivity contribution in [2.24, 2.45) is 0 Å². The minimum Gasteiger partial charge on any atom is -0.486 e. The molecular weight excluding hydrogens is 160 g/mol. The summed E-state index contributed by atoms with van der Waals surface area (Å²) in [5.41, 5.74) is 5.05. The van der Waals surface area contributed by atoms with E-state index in [0.29, 0.717) is 6.61 Å². The Hall–Kier alpha value is -1.46. The minimum atomic E-state index is 0.645. The average molecular weight is 174 g/mol. The molecule has 0 aliphatic carbocycles. The molecule has 68 valence electrons. The van der Waals surface area contributed by atoms with E-state index < -0.39 is 0 Å². The van der Waals surface area contributed by atoms with Crippen molar-refractivity contribution < 1.29 is 4.74 Å². The van der Waals surface area contributed by atoms with Gasteiger partial charge in [-0.05, 0) is 13.8 Å². The summed E-state index contributed by atoms with van der Waals surface area (Å²) in [4.78, 5) is 0. The topological polar surface area (TPSA) is 9.23 Å². The molecule has 0 atom stereocenters. The molecule has 0 amide bonds. The molecule has 0 saturated heterocycles. The van der Waals surface area contributed by atoms with Gasteiger partial charge >= 0.3 is 0 Å². The van der Waals surface area contributed by atoms with E-state index in [1.807, 2.05) is 31.2 Å². The molecule has 0 bridgehead atoms. The summed E-state index contributed by atoms with van der Waals surface area (Å²) in [6.07, 6.45) is 0. The number of benzene rings is 1. The third-order valence-corrected chi connectivity index (χ3v) is 1.76. The maximum atomic E-state index is 5.36. The van der Waals surface area contributed by atoms with Crippen LogP contribution in [0.4, 0.5) is 0 Å². The molecule has 0 spiro atoms. The van der Waals surface area contributed by atoms with Crippen LogP contribution in [0.1, 0.15) is 18.1 Å². The van der Waals surface area contributed by atoms with Gasteiger partial charge in [0.1, 0.15) is 0 Å². The van der Waals surface area contributed by atoms with Crippen molar-refractivity contribution in [2.75, 3.05) is 6.61 Å². The maximum absolute atomic E-state index is 5.36. The number of ether oxygens (including phenoxy) is 1. The summed E-state index contributed by atoms with van der Waals surface area (Å²) in [7, 11) is 0. The Morgan fingerprint density at radius 1 is 1.38 bits per heavy atom. The molecular formula is C12H14O. The first kappa shape index (κ1) is 9.63. The second kappa shape index (κ2) is 4.54. The van der Waals surface area contributed by atoms with Gasteiger partial charge in [0.2, 0.25) is 0 Å². The van der Waals surface area contributed by atoms with Crippen molar-refractivity contribution in [1.82, 2.24) is 0 Å². The van der Waals surface area contributed by atoms with Crippen LogP contribution < -0.4 is 0 Å². The molecule has 0 aliphatic heterocycles. The first-order valence-corrected chi connectivity index (χ1v) is 4.37. The SMILES string of the molecule is C=C=C(OCC)c1ccc(C)cc1. The molecule has 1 aromatic carbocycles. The van der Waals surface area contributed by atoms with E-state index in [-0.39, 0.29) is 0 Å². The fourth-order valence-electron chi connectivity index (χ4n) is 1.09. The van der Waals surface area contributed by atoms with Gasteiger partial charge in [-0.25, -0.2) is 0 Å². The monoisotopic (exact) mass is 174 g/mol. The number of aryl methyl sites for hydroxylation is 1. The second-order valence-corrected chi connectivity index (χ2v) is 2.80.